The van der Waals surface area contributed by atoms with Crippen LogP contribution < -0.4 is 16.6 Å². The standard InChI is InChI=1S/C14H22N4O5S/c1-8(2)15-12(19)10-5-4-6-18(7-10)24(22,23)11-9(3)16-14(21)17-13(11)20/h8,10H,4-7H2,1-3H3,(H,15,19)(H2,16,17,20,21). The monoisotopic (exact) mass is 358 g/mol. The predicted molar refractivity (Wildman–Crippen MR) is 87.2 cm³/mol. The van der Waals surface area contributed by atoms with Gasteiger partial charge < -0.3 is 10.3 Å². The number of aryl methyl sites for hydroxylation is 1. The highest BCUT2D eigenvalue weighted by Gasteiger charge is 2.35. The van der Waals surface area contributed by atoms with E-state index in [1.54, 1.807) is 0 Å². The predicted octanol–water partition coefficient (Wildman–Crippen LogP) is -0.703. The summed E-state index contributed by atoms with van der Waals surface area (Å²) < 4.78 is 26.7. The number of H-pyrrole nitrogens is 2. The molecule has 1 aromatic rings. The normalized spacial score (nSPS) is 19.4. The molecule has 9 nitrogen and oxygen atoms in total. The Morgan fingerprint density at radius 3 is 2.54 bits per heavy atom. The van der Waals surface area contributed by atoms with Crippen molar-refractivity contribution in [2.75, 3.05) is 13.1 Å². The van der Waals surface area contributed by atoms with Crippen LogP contribution in [0.25, 0.3) is 0 Å². The van der Waals surface area contributed by atoms with Crippen molar-refractivity contribution in [1.82, 2.24) is 19.6 Å². The van der Waals surface area contributed by atoms with Gasteiger partial charge in [-0.25, -0.2) is 13.2 Å². The zero-order valence-corrected chi connectivity index (χ0v) is 14.7. The van der Waals surface area contributed by atoms with Gasteiger partial charge in [-0.2, -0.15) is 4.31 Å². The molecule has 1 aromatic heterocycles. The highest BCUT2D eigenvalue weighted by Crippen LogP contribution is 2.23. The van der Waals surface area contributed by atoms with Crippen molar-refractivity contribution in [2.24, 2.45) is 5.92 Å². The average molecular weight is 358 g/mol. The number of piperidine rings is 1. The highest BCUT2D eigenvalue weighted by molar-refractivity contribution is 7.89. The molecule has 1 unspecified atom stereocenters. The molecule has 1 saturated heterocycles. The molecule has 0 spiro atoms. The minimum Gasteiger partial charge on any atom is -0.354 e. The summed E-state index contributed by atoms with van der Waals surface area (Å²) in [5.41, 5.74) is -1.73. The van der Waals surface area contributed by atoms with Crippen molar-refractivity contribution in [1.29, 1.82) is 0 Å². The molecule has 2 rings (SSSR count). The summed E-state index contributed by atoms with van der Waals surface area (Å²) in [5.74, 6) is -0.657. The Kier molecular flexibility index (Phi) is 5.29. The van der Waals surface area contributed by atoms with Crippen LogP contribution in [0.1, 0.15) is 32.4 Å². The summed E-state index contributed by atoms with van der Waals surface area (Å²) in [6.45, 7) is 5.26. The van der Waals surface area contributed by atoms with Gasteiger partial charge >= 0.3 is 5.69 Å². The average Bonchev–Trinajstić information content (AvgIpc) is 2.45. The van der Waals surface area contributed by atoms with E-state index in [-0.39, 0.29) is 30.7 Å². The summed E-state index contributed by atoms with van der Waals surface area (Å²) in [7, 11) is -4.10. The maximum absolute atomic E-state index is 12.8. The molecule has 0 aromatic carbocycles. The molecule has 134 valence electrons. The topological polar surface area (TPSA) is 132 Å². The Bertz CT molecular complexity index is 839. The fraction of sp³-hybridized carbons (Fsp3) is 0.643. The number of rotatable bonds is 4. The smallest absolute Gasteiger partial charge is 0.325 e. The maximum atomic E-state index is 12.8. The number of hydrogen-bond acceptors (Lipinski definition) is 5. The summed E-state index contributed by atoms with van der Waals surface area (Å²) in [4.78, 5) is 39.1. The molecule has 1 aliphatic rings. The lowest BCUT2D eigenvalue weighted by molar-refractivity contribution is -0.126. The van der Waals surface area contributed by atoms with Gasteiger partial charge in [-0.05, 0) is 33.6 Å². The zero-order valence-electron chi connectivity index (χ0n) is 13.9. The molecule has 0 radical (unpaired) electrons. The van der Waals surface area contributed by atoms with Crippen LogP contribution in [0.4, 0.5) is 0 Å². The number of carbonyl (C=O) groups is 1. The Hall–Kier alpha value is -1.94. The van der Waals surface area contributed by atoms with E-state index in [0.29, 0.717) is 12.8 Å². The lowest BCUT2D eigenvalue weighted by atomic mass is 9.98. The van der Waals surface area contributed by atoms with E-state index >= 15 is 0 Å². The Balaban J connectivity index is 2.32. The molecule has 3 N–H and O–H groups in total. The van der Waals surface area contributed by atoms with E-state index in [2.05, 4.69) is 10.3 Å². The van der Waals surface area contributed by atoms with Crippen LogP contribution in [0, 0.1) is 12.8 Å². The van der Waals surface area contributed by atoms with Crippen LogP contribution in [0.3, 0.4) is 0 Å². The van der Waals surface area contributed by atoms with E-state index in [1.165, 1.54) is 6.92 Å². The summed E-state index contributed by atoms with van der Waals surface area (Å²) in [6.07, 6.45) is 1.11. The van der Waals surface area contributed by atoms with E-state index in [9.17, 15) is 22.8 Å². The van der Waals surface area contributed by atoms with E-state index in [4.69, 9.17) is 0 Å². The largest absolute Gasteiger partial charge is 0.354 e. The van der Waals surface area contributed by atoms with Crippen molar-refractivity contribution in [2.45, 2.75) is 44.6 Å². The molecule has 24 heavy (non-hydrogen) atoms. The summed E-state index contributed by atoms with van der Waals surface area (Å²) in [6, 6.07) is -0.0335. The summed E-state index contributed by atoms with van der Waals surface area (Å²) >= 11 is 0. The molecule has 1 amide bonds. The Labute approximate surface area is 139 Å². The Morgan fingerprint density at radius 2 is 1.96 bits per heavy atom. The van der Waals surface area contributed by atoms with Gasteiger partial charge in [0, 0.05) is 24.8 Å². The molecule has 2 heterocycles. The van der Waals surface area contributed by atoms with Crippen LogP contribution in [0.2, 0.25) is 0 Å². The quantitative estimate of drug-likeness (QED) is 0.654. The van der Waals surface area contributed by atoms with E-state index < -0.39 is 32.1 Å². The van der Waals surface area contributed by atoms with Gasteiger partial charge in [0.15, 0.2) is 4.90 Å². The van der Waals surface area contributed by atoms with Crippen LogP contribution in [0.5, 0.6) is 0 Å². The third-order valence-corrected chi connectivity index (χ3v) is 5.88. The molecule has 1 aliphatic heterocycles. The molecule has 10 heteroatoms. The molecule has 0 saturated carbocycles. The first-order chi connectivity index (χ1) is 11.1. The lowest BCUT2D eigenvalue weighted by Gasteiger charge is -2.31. The first-order valence-electron chi connectivity index (χ1n) is 7.76. The second-order valence-corrected chi connectivity index (χ2v) is 8.10. The van der Waals surface area contributed by atoms with Crippen molar-refractivity contribution in [3.05, 3.63) is 26.5 Å². The van der Waals surface area contributed by atoms with Crippen molar-refractivity contribution >= 4 is 15.9 Å². The first-order valence-corrected chi connectivity index (χ1v) is 9.20. The van der Waals surface area contributed by atoms with Gasteiger partial charge in [-0.15, -0.1) is 0 Å². The summed E-state index contributed by atoms with van der Waals surface area (Å²) in [5, 5.41) is 2.78. The fourth-order valence-corrected chi connectivity index (χ4v) is 4.53. The van der Waals surface area contributed by atoms with Gasteiger partial charge in [0.1, 0.15) is 0 Å². The SMILES string of the molecule is Cc1[nH]c(=O)[nH]c(=O)c1S(=O)(=O)N1CCCC(C(=O)NC(C)C)C1. The second kappa shape index (κ2) is 6.89. The molecule has 1 fully saturated rings. The molecule has 0 aliphatic carbocycles. The number of sulfonamides is 1. The lowest BCUT2D eigenvalue weighted by Crippen LogP contribution is -2.48. The zero-order chi connectivity index (χ0) is 18.1. The minimum absolute atomic E-state index is 0.0128. The number of amides is 1. The molecule has 0 bridgehead atoms. The highest BCUT2D eigenvalue weighted by atomic mass is 32.2. The third kappa shape index (κ3) is 3.75. The molecular formula is C14H22N4O5S. The number of aromatic nitrogens is 2. The number of aromatic amines is 2. The third-order valence-electron chi connectivity index (χ3n) is 3.86. The van der Waals surface area contributed by atoms with Gasteiger partial charge in [-0.1, -0.05) is 0 Å². The van der Waals surface area contributed by atoms with E-state index in [0.717, 1.165) is 4.31 Å². The second-order valence-electron chi connectivity index (χ2n) is 6.23. The van der Waals surface area contributed by atoms with Gasteiger partial charge in [0.2, 0.25) is 15.9 Å². The van der Waals surface area contributed by atoms with Crippen LogP contribution >= 0.6 is 0 Å². The Morgan fingerprint density at radius 1 is 1.29 bits per heavy atom. The van der Waals surface area contributed by atoms with Crippen LogP contribution in [0.15, 0.2) is 14.5 Å². The van der Waals surface area contributed by atoms with Gasteiger partial charge in [0.25, 0.3) is 5.56 Å². The number of nitrogens with one attached hydrogen (secondary N) is 3. The number of nitrogens with zero attached hydrogens (tertiary/aromatic N) is 1. The fourth-order valence-electron chi connectivity index (χ4n) is 2.81. The van der Waals surface area contributed by atoms with Gasteiger partial charge in [-0.3, -0.25) is 14.6 Å². The first kappa shape index (κ1) is 18.4. The van der Waals surface area contributed by atoms with Crippen LogP contribution in [-0.4, -0.2) is 47.7 Å². The molecule has 1 atom stereocenters. The van der Waals surface area contributed by atoms with Gasteiger partial charge in [0.05, 0.1) is 5.92 Å². The minimum atomic E-state index is -4.10. The van der Waals surface area contributed by atoms with Crippen molar-refractivity contribution in [3.8, 4) is 0 Å². The number of carbonyl (C=O) groups excluding carboxylic acids is 1. The maximum Gasteiger partial charge on any atom is 0.325 e. The van der Waals surface area contributed by atoms with E-state index in [1.807, 2.05) is 18.8 Å². The van der Waals surface area contributed by atoms with Crippen molar-refractivity contribution < 1.29 is 13.2 Å². The molecular weight excluding hydrogens is 336 g/mol. The number of hydrogen-bond donors (Lipinski definition) is 3. The van der Waals surface area contributed by atoms with Crippen LogP contribution in [-0.2, 0) is 14.8 Å². The van der Waals surface area contributed by atoms with Crippen molar-refractivity contribution in [3.63, 3.8) is 0 Å².